The van der Waals surface area contributed by atoms with Crippen molar-refractivity contribution >= 4 is 6.09 Å². The van der Waals surface area contributed by atoms with Gasteiger partial charge in [0.1, 0.15) is 5.60 Å². The Balaban J connectivity index is 2.27. The van der Waals surface area contributed by atoms with Gasteiger partial charge in [-0.15, -0.1) is 0 Å². The van der Waals surface area contributed by atoms with Crippen LogP contribution in [0.5, 0.6) is 0 Å². The Bertz CT molecular complexity index is 239. The van der Waals surface area contributed by atoms with E-state index in [9.17, 15) is 4.79 Å². The Kier molecular flexibility index (Phi) is 3.28. The van der Waals surface area contributed by atoms with Crippen molar-refractivity contribution in [2.75, 3.05) is 13.2 Å². The molecule has 0 aromatic carbocycles. The minimum absolute atomic E-state index is 0.0170. The number of carbonyl (C=O) groups excluding carboxylic acids is 1. The third-order valence-corrected chi connectivity index (χ3v) is 2.29. The summed E-state index contributed by atoms with van der Waals surface area (Å²) in [6.45, 7) is 11.1. The van der Waals surface area contributed by atoms with Gasteiger partial charge in [0.2, 0.25) is 0 Å². The molecule has 15 heavy (non-hydrogen) atoms. The van der Waals surface area contributed by atoms with Gasteiger partial charge in [-0.3, -0.25) is 0 Å². The molecule has 1 saturated heterocycles. The van der Waals surface area contributed by atoms with Gasteiger partial charge in [0.05, 0.1) is 12.7 Å². The third-order valence-electron chi connectivity index (χ3n) is 2.29. The van der Waals surface area contributed by atoms with E-state index in [0.29, 0.717) is 6.54 Å². The summed E-state index contributed by atoms with van der Waals surface area (Å²) in [4.78, 5) is 11.4. The molecule has 0 aromatic heterocycles. The number of alkyl carbamates (subject to hydrolysis) is 1. The van der Waals surface area contributed by atoms with Gasteiger partial charge in [-0.2, -0.15) is 0 Å². The molecule has 1 N–H and O–H groups in total. The van der Waals surface area contributed by atoms with Crippen LogP contribution in [0.2, 0.25) is 0 Å². The molecule has 1 atom stereocenters. The molecule has 88 valence electrons. The van der Waals surface area contributed by atoms with Gasteiger partial charge in [-0.1, -0.05) is 13.8 Å². The minimum Gasteiger partial charge on any atom is -0.444 e. The molecular weight excluding hydrogens is 194 g/mol. The number of amides is 1. The number of ether oxygens (including phenoxy) is 2. The minimum atomic E-state index is -0.440. The molecule has 1 aliphatic rings. The predicted molar refractivity (Wildman–Crippen MR) is 57.8 cm³/mol. The Morgan fingerprint density at radius 3 is 2.33 bits per heavy atom. The summed E-state index contributed by atoms with van der Waals surface area (Å²) >= 11 is 0. The van der Waals surface area contributed by atoms with Crippen LogP contribution in [0, 0.1) is 5.41 Å². The maximum absolute atomic E-state index is 11.4. The topological polar surface area (TPSA) is 50.9 Å². The van der Waals surface area contributed by atoms with Gasteiger partial charge >= 0.3 is 6.09 Å². The summed E-state index contributed by atoms with van der Waals surface area (Å²) in [5, 5.41) is 2.76. The fraction of sp³-hybridized carbons (Fsp3) is 0.909. The molecule has 4 heteroatoms. The molecule has 4 nitrogen and oxygen atoms in total. The van der Waals surface area contributed by atoms with Crippen molar-refractivity contribution in [1.82, 2.24) is 5.32 Å². The first-order valence-corrected chi connectivity index (χ1v) is 5.29. The third kappa shape index (κ3) is 4.51. The van der Waals surface area contributed by atoms with Gasteiger partial charge < -0.3 is 14.8 Å². The van der Waals surface area contributed by atoms with Gasteiger partial charge in [-0.05, 0) is 20.8 Å². The van der Waals surface area contributed by atoms with Gasteiger partial charge in [0, 0.05) is 12.0 Å². The van der Waals surface area contributed by atoms with Crippen molar-refractivity contribution in [3.8, 4) is 0 Å². The summed E-state index contributed by atoms with van der Waals surface area (Å²) in [5.74, 6) is 0. The first kappa shape index (κ1) is 12.3. The van der Waals surface area contributed by atoms with Crippen molar-refractivity contribution in [3.63, 3.8) is 0 Å². The van der Waals surface area contributed by atoms with Crippen LogP contribution in [0.3, 0.4) is 0 Å². The van der Waals surface area contributed by atoms with Crippen LogP contribution in [-0.4, -0.2) is 30.9 Å². The quantitative estimate of drug-likeness (QED) is 0.732. The zero-order valence-electron chi connectivity index (χ0n) is 10.2. The lowest BCUT2D eigenvalue weighted by atomic mass is 9.90. The fourth-order valence-electron chi connectivity index (χ4n) is 1.23. The van der Waals surface area contributed by atoms with Crippen molar-refractivity contribution in [2.24, 2.45) is 5.41 Å². The maximum Gasteiger partial charge on any atom is 0.407 e. The predicted octanol–water partition coefficient (Wildman–Crippen LogP) is 1.94. The highest BCUT2D eigenvalue weighted by atomic mass is 16.6. The fourth-order valence-corrected chi connectivity index (χ4v) is 1.23. The molecule has 0 saturated carbocycles. The van der Waals surface area contributed by atoms with E-state index in [0.717, 1.165) is 6.61 Å². The zero-order chi connectivity index (χ0) is 11.7. The van der Waals surface area contributed by atoms with Crippen LogP contribution in [0.4, 0.5) is 4.79 Å². The summed E-state index contributed by atoms with van der Waals surface area (Å²) in [6.07, 6.45) is -0.0938. The SMILES string of the molecule is CC(C)(C)OC(=O)NCC(C)(C)C1CO1. The second kappa shape index (κ2) is 4.00. The Labute approximate surface area is 91.3 Å². The monoisotopic (exact) mass is 215 g/mol. The lowest BCUT2D eigenvalue weighted by Gasteiger charge is -2.25. The molecule has 1 rings (SSSR count). The van der Waals surface area contributed by atoms with Crippen molar-refractivity contribution in [1.29, 1.82) is 0 Å². The molecule has 1 amide bonds. The molecule has 0 radical (unpaired) electrons. The molecule has 0 aromatic rings. The molecule has 1 unspecified atom stereocenters. The summed E-state index contributed by atoms with van der Waals surface area (Å²) in [7, 11) is 0. The van der Waals surface area contributed by atoms with Crippen LogP contribution < -0.4 is 5.32 Å². The summed E-state index contributed by atoms with van der Waals surface area (Å²) in [5.41, 5.74) is -0.457. The first-order chi connectivity index (χ1) is 6.71. The standard InChI is InChI=1S/C11H21NO3/c1-10(2,3)15-9(13)12-7-11(4,5)8-6-14-8/h8H,6-7H2,1-5H3,(H,12,13). The van der Waals surface area contributed by atoms with Gasteiger partial charge in [0.15, 0.2) is 0 Å². The number of carbonyl (C=O) groups is 1. The molecule has 1 heterocycles. The first-order valence-electron chi connectivity index (χ1n) is 5.29. The van der Waals surface area contributed by atoms with Crippen LogP contribution in [0.1, 0.15) is 34.6 Å². The highest BCUT2D eigenvalue weighted by molar-refractivity contribution is 5.67. The lowest BCUT2D eigenvalue weighted by molar-refractivity contribution is 0.0500. The molecule has 0 bridgehead atoms. The van der Waals surface area contributed by atoms with E-state index in [2.05, 4.69) is 19.2 Å². The number of hydrogen-bond donors (Lipinski definition) is 1. The number of nitrogens with one attached hydrogen (secondary N) is 1. The second-order valence-electron chi connectivity index (χ2n) is 5.67. The molecule has 1 aliphatic heterocycles. The van der Waals surface area contributed by atoms with E-state index in [1.165, 1.54) is 0 Å². The van der Waals surface area contributed by atoms with E-state index in [1.807, 2.05) is 20.8 Å². The Hall–Kier alpha value is -0.770. The summed E-state index contributed by atoms with van der Waals surface area (Å²) in [6, 6.07) is 0. The highest BCUT2D eigenvalue weighted by Crippen LogP contribution is 2.31. The Morgan fingerprint density at radius 1 is 1.40 bits per heavy atom. The van der Waals surface area contributed by atoms with Gasteiger partial charge in [0.25, 0.3) is 0 Å². The average molecular weight is 215 g/mol. The molecule has 0 spiro atoms. The highest BCUT2D eigenvalue weighted by Gasteiger charge is 2.39. The second-order valence-corrected chi connectivity index (χ2v) is 5.67. The lowest BCUT2D eigenvalue weighted by Crippen LogP contribution is -2.40. The Morgan fingerprint density at radius 2 is 1.93 bits per heavy atom. The molecule has 0 aliphatic carbocycles. The zero-order valence-corrected chi connectivity index (χ0v) is 10.2. The van der Waals surface area contributed by atoms with E-state index in [4.69, 9.17) is 9.47 Å². The van der Waals surface area contributed by atoms with Crippen LogP contribution in [-0.2, 0) is 9.47 Å². The van der Waals surface area contributed by atoms with E-state index >= 15 is 0 Å². The largest absolute Gasteiger partial charge is 0.444 e. The van der Waals surface area contributed by atoms with Crippen molar-refractivity contribution < 1.29 is 14.3 Å². The van der Waals surface area contributed by atoms with Crippen LogP contribution in [0.15, 0.2) is 0 Å². The molecule has 1 fully saturated rings. The normalized spacial score (nSPS) is 21.0. The van der Waals surface area contributed by atoms with Crippen LogP contribution >= 0.6 is 0 Å². The van der Waals surface area contributed by atoms with E-state index in [1.54, 1.807) is 0 Å². The van der Waals surface area contributed by atoms with Crippen molar-refractivity contribution in [3.05, 3.63) is 0 Å². The summed E-state index contributed by atoms with van der Waals surface area (Å²) < 4.78 is 10.4. The number of rotatable bonds is 3. The van der Waals surface area contributed by atoms with Crippen LogP contribution in [0.25, 0.3) is 0 Å². The maximum atomic E-state index is 11.4. The number of epoxide rings is 1. The van der Waals surface area contributed by atoms with E-state index < -0.39 is 5.60 Å². The number of hydrogen-bond acceptors (Lipinski definition) is 3. The smallest absolute Gasteiger partial charge is 0.407 e. The van der Waals surface area contributed by atoms with Crippen molar-refractivity contribution in [2.45, 2.75) is 46.3 Å². The van der Waals surface area contributed by atoms with E-state index in [-0.39, 0.29) is 17.6 Å². The molecular formula is C11H21NO3. The van der Waals surface area contributed by atoms with Gasteiger partial charge in [-0.25, -0.2) is 4.79 Å². The average Bonchev–Trinajstić information content (AvgIpc) is 2.79.